The molecule has 1 unspecified atom stereocenters. The number of aliphatic carboxylic acids is 1. The van der Waals surface area contributed by atoms with Gasteiger partial charge in [0.25, 0.3) is 11.8 Å². The number of carboxylic acids is 1. The van der Waals surface area contributed by atoms with Gasteiger partial charge in [0.2, 0.25) is 0 Å². The fraction of sp³-hybridized carbons (Fsp3) is 0.263. The first-order valence-corrected chi connectivity index (χ1v) is 12.2. The number of hydrogen-bond acceptors (Lipinski definition) is 11. The van der Waals surface area contributed by atoms with E-state index in [0.717, 1.165) is 21.2 Å². The largest absolute Gasteiger partial charge is 0.477 e. The van der Waals surface area contributed by atoms with E-state index in [1.807, 2.05) is 6.92 Å². The van der Waals surface area contributed by atoms with Crippen LogP contribution in [0, 0.1) is 6.92 Å². The van der Waals surface area contributed by atoms with Gasteiger partial charge in [-0.1, -0.05) is 11.2 Å². The lowest BCUT2D eigenvalue weighted by atomic mass is 10.0. The fourth-order valence-electron chi connectivity index (χ4n) is 3.31. The summed E-state index contributed by atoms with van der Waals surface area (Å²) >= 11 is 3.97. The molecule has 172 valence electrons. The van der Waals surface area contributed by atoms with Crippen molar-refractivity contribution >= 4 is 69.1 Å². The number of carbonyl (C=O) groups is 3. The first-order chi connectivity index (χ1) is 15.8. The SMILES string of the molecule is CON=C(C(=O)NC1C(=O)N2C(C(=O)O)=C(C=Cc3cnc(C)s3)CS[C@H]12)c1csc(N)n1. The summed E-state index contributed by atoms with van der Waals surface area (Å²) in [5.41, 5.74) is 6.13. The molecular formula is C19H18N6O5S3. The Hall–Kier alpha value is -3.23. The average Bonchev–Trinajstić information content (AvgIpc) is 3.40. The number of thiazole rings is 2. The molecule has 2 atom stereocenters. The molecule has 2 aliphatic heterocycles. The molecule has 2 aromatic heterocycles. The van der Waals surface area contributed by atoms with Crippen molar-refractivity contribution in [3.05, 3.63) is 44.5 Å². The number of amides is 2. The van der Waals surface area contributed by atoms with Crippen LogP contribution < -0.4 is 11.1 Å². The van der Waals surface area contributed by atoms with Crippen molar-refractivity contribution in [3.8, 4) is 0 Å². The number of nitrogens with zero attached hydrogens (tertiary/aromatic N) is 4. The van der Waals surface area contributed by atoms with Gasteiger partial charge in [0.15, 0.2) is 10.8 Å². The number of carboxylic acid groups (broad SMARTS) is 1. The number of anilines is 1. The van der Waals surface area contributed by atoms with Crippen LogP contribution >= 0.6 is 34.4 Å². The molecule has 33 heavy (non-hydrogen) atoms. The van der Waals surface area contributed by atoms with E-state index in [9.17, 15) is 19.5 Å². The number of fused-ring (bicyclic) bond motifs is 1. The molecule has 11 nitrogen and oxygen atoms in total. The normalized spacial score (nSPS) is 20.6. The maximum Gasteiger partial charge on any atom is 0.352 e. The highest BCUT2D eigenvalue weighted by Crippen LogP contribution is 2.41. The molecule has 1 fully saturated rings. The third-order valence-electron chi connectivity index (χ3n) is 4.74. The van der Waals surface area contributed by atoms with E-state index in [1.165, 1.54) is 35.1 Å². The zero-order valence-corrected chi connectivity index (χ0v) is 19.8. The van der Waals surface area contributed by atoms with Crippen LogP contribution in [0.1, 0.15) is 15.6 Å². The van der Waals surface area contributed by atoms with Crippen LogP contribution in [-0.2, 0) is 19.2 Å². The molecular weight excluding hydrogens is 488 g/mol. The summed E-state index contributed by atoms with van der Waals surface area (Å²) in [7, 11) is 1.28. The zero-order valence-electron chi connectivity index (χ0n) is 17.3. The number of oxime groups is 1. The summed E-state index contributed by atoms with van der Waals surface area (Å²) in [6.45, 7) is 1.88. The molecule has 0 saturated carbocycles. The van der Waals surface area contributed by atoms with Gasteiger partial charge in [0.05, 0.1) is 5.01 Å². The van der Waals surface area contributed by atoms with Crippen LogP contribution in [0.4, 0.5) is 5.13 Å². The minimum absolute atomic E-state index is 0.0928. The van der Waals surface area contributed by atoms with Crippen molar-refractivity contribution < 1.29 is 24.3 Å². The first kappa shape index (κ1) is 22.9. The second-order valence-corrected chi connectivity index (χ2v) is 10.1. The number of thioether (sulfide) groups is 1. The number of β-lactam (4-membered cyclic amide) rings is 1. The second-order valence-electron chi connectivity index (χ2n) is 6.85. The van der Waals surface area contributed by atoms with Gasteiger partial charge in [-0.2, -0.15) is 0 Å². The van der Waals surface area contributed by atoms with E-state index in [-0.39, 0.29) is 22.2 Å². The highest BCUT2D eigenvalue weighted by Gasteiger charge is 2.54. The fourth-order valence-corrected chi connectivity index (χ4v) is 5.86. The van der Waals surface area contributed by atoms with E-state index < -0.39 is 29.2 Å². The molecule has 4 heterocycles. The van der Waals surface area contributed by atoms with Crippen molar-refractivity contribution in [2.75, 3.05) is 18.6 Å². The number of aryl methyl sites for hydroxylation is 1. The monoisotopic (exact) mass is 506 g/mol. The number of nitrogens with two attached hydrogens (primary N) is 1. The summed E-state index contributed by atoms with van der Waals surface area (Å²) in [6, 6.07) is -0.912. The Morgan fingerprint density at radius 1 is 1.42 bits per heavy atom. The molecule has 4 N–H and O–H groups in total. The van der Waals surface area contributed by atoms with Crippen molar-refractivity contribution in [2.45, 2.75) is 18.3 Å². The second kappa shape index (κ2) is 9.33. The average molecular weight is 507 g/mol. The maximum absolute atomic E-state index is 12.9. The van der Waals surface area contributed by atoms with Gasteiger partial charge < -0.3 is 21.0 Å². The molecule has 0 spiro atoms. The van der Waals surface area contributed by atoms with Gasteiger partial charge in [-0.05, 0) is 18.6 Å². The Balaban J connectivity index is 1.53. The maximum atomic E-state index is 12.9. The van der Waals surface area contributed by atoms with E-state index in [4.69, 9.17) is 10.6 Å². The summed E-state index contributed by atoms with van der Waals surface area (Å²) in [4.78, 5) is 52.6. The van der Waals surface area contributed by atoms with E-state index in [0.29, 0.717) is 11.3 Å². The third kappa shape index (κ3) is 4.49. The molecule has 1 saturated heterocycles. The number of rotatable bonds is 7. The van der Waals surface area contributed by atoms with Crippen molar-refractivity contribution in [3.63, 3.8) is 0 Å². The molecule has 0 aromatic carbocycles. The molecule has 0 aliphatic carbocycles. The van der Waals surface area contributed by atoms with Gasteiger partial charge in [0, 0.05) is 22.2 Å². The van der Waals surface area contributed by atoms with Crippen LogP contribution in [0.2, 0.25) is 0 Å². The van der Waals surface area contributed by atoms with Crippen LogP contribution in [0.25, 0.3) is 6.08 Å². The molecule has 14 heteroatoms. The Morgan fingerprint density at radius 2 is 2.21 bits per heavy atom. The van der Waals surface area contributed by atoms with Gasteiger partial charge in [-0.15, -0.1) is 34.4 Å². The number of hydrogen-bond donors (Lipinski definition) is 3. The lowest BCUT2D eigenvalue weighted by Crippen LogP contribution is -2.71. The number of nitrogen functional groups attached to an aromatic ring is 1. The van der Waals surface area contributed by atoms with Crippen molar-refractivity contribution in [2.24, 2.45) is 5.16 Å². The van der Waals surface area contributed by atoms with Gasteiger partial charge in [-0.3, -0.25) is 14.5 Å². The number of nitrogens with one attached hydrogen (secondary N) is 1. The highest BCUT2D eigenvalue weighted by atomic mass is 32.2. The zero-order chi connectivity index (χ0) is 23.7. The topological polar surface area (TPSA) is 160 Å². The summed E-state index contributed by atoms with van der Waals surface area (Å²) in [5, 5.41) is 18.2. The van der Waals surface area contributed by atoms with E-state index in [2.05, 4.69) is 20.4 Å². The first-order valence-electron chi connectivity index (χ1n) is 9.45. The number of allylic oxidation sites excluding steroid dienone is 1. The lowest BCUT2D eigenvalue weighted by Gasteiger charge is -2.49. The summed E-state index contributed by atoms with van der Waals surface area (Å²) in [5.74, 6) is -2.05. The number of carbonyl (C=O) groups excluding carboxylic acids is 2. The smallest absolute Gasteiger partial charge is 0.352 e. The van der Waals surface area contributed by atoms with Crippen molar-refractivity contribution in [1.82, 2.24) is 20.2 Å². The quantitative estimate of drug-likeness (QED) is 0.286. The molecule has 4 rings (SSSR count). The summed E-state index contributed by atoms with van der Waals surface area (Å²) < 4.78 is 0. The standard InChI is InChI=1S/C19H18N6O5S3/c1-8-21-5-10(33-8)4-3-9-6-31-17-13(16(27)25(17)14(9)18(28)29)23-15(26)12(24-30-2)11-7-32-19(20)22-11/h3-5,7,13,17H,6H2,1-2H3,(H2,20,22)(H,23,26)(H,28,29)/t13?,17-/m1/s1. The Labute approximate surface area is 200 Å². The lowest BCUT2D eigenvalue weighted by molar-refractivity contribution is -0.150. The van der Waals surface area contributed by atoms with Crippen LogP contribution in [0.15, 0.2) is 34.1 Å². The van der Waals surface area contributed by atoms with Gasteiger partial charge >= 0.3 is 5.97 Å². The summed E-state index contributed by atoms with van der Waals surface area (Å²) in [6.07, 6.45) is 5.17. The number of aromatic nitrogens is 2. The van der Waals surface area contributed by atoms with E-state index in [1.54, 1.807) is 23.7 Å². The van der Waals surface area contributed by atoms with E-state index >= 15 is 0 Å². The van der Waals surface area contributed by atoms with Crippen LogP contribution in [0.5, 0.6) is 0 Å². The third-order valence-corrected chi connectivity index (χ3v) is 7.59. The van der Waals surface area contributed by atoms with Gasteiger partial charge in [0.1, 0.15) is 29.9 Å². The highest BCUT2D eigenvalue weighted by molar-refractivity contribution is 8.00. The predicted molar refractivity (Wildman–Crippen MR) is 126 cm³/mol. The Morgan fingerprint density at radius 3 is 2.82 bits per heavy atom. The molecule has 2 amide bonds. The molecule has 2 aromatic rings. The van der Waals surface area contributed by atoms with Crippen LogP contribution in [-0.4, -0.2) is 67.7 Å². The Bertz CT molecular complexity index is 1220. The Kier molecular flexibility index (Phi) is 6.49. The van der Waals surface area contributed by atoms with Gasteiger partial charge in [-0.25, -0.2) is 14.8 Å². The molecule has 0 bridgehead atoms. The van der Waals surface area contributed by atoms with Crippen molar-refractivity contribution in [1.29, 1.82) is 0 Å². The minimum atomic E-state index is -1.21. The molecule has 2 aliphatic rings. The molecule has 0 radical (unpaired) electrons. The predicted octanol–water partition coefficient (Wildman–Crippen LogP) is 1.29. The van der Waals surface area contributed by atoms with Crippen LogP contribution in [0.3, 0.4) is 0 Å². The minimum Gasteiger partial charge on any atom is -0.477 e.